The molecule has 0 amide bonds. The fourth-order valence-corrected chi connectivity index (χ4v) is 3.96. The molecule has 1 unspecified atom stereocenters. The summed E-state index contributed by atoms with van der Waals surface area (Å²) in [6.45, 7) is 4.85. The second kappa shape index (κ2) is 6.39. The van der Waals surface area contributed by atoms with E-state index in [1.54, 1.807) is 6.07 Å². The number of aromatic nitrogens is 2. The lowest BCUT2D eigenvalue weighted by molar-refractivity contribution is 0.305. The standard InChI is InChI=1S/C13H21N3O3S/c1-3-6-19-12-8-10(2)15-13(16-12)14-9-11-5-4-7-20(11,17)18/h8,11H,3-7,9H2,1-2H3,(H,14,15,16). The Bertz CT molecular complexity index is 560. The third-order valence-corrected chi connectivity index (χ3v) is 5.51. The zero-order valence-corrected chi connectivity index (χ0v) is 12.7. The summed E-state index contributed by atoms with van der Waals surface area (Å²) in [7, 11) is -2.94. The van der Waals surface area contributed by atoms with Crippen LogP contribution in [-0.4, -0.2) is 42.5 Å². The molecule has 1 atom stereocenters. The van der Waals surface area contributed by atoms with Crippen molar-refractivity contribution in [3.63, 3.8) is 0 Å². The molecule has 7 heteroatoms. The van der Waals surface area contributed by atoms with Crippen molar-refractivity contribution < 1.29 is 13.2 Å². The average Bonchev–Trinajstić information content (AvgIpc) is 2.72. The van der Waals surface area contributed by atoms with Crippen molar-refractivity contribution in [1.82, 2.24) is 9.97 Å². The van der Waals surface area contributed by atoms with Gasteiger partial charge >= 0.3 is 0 Å². The van der Waals surface area contributed by atoms with Crippen LogP contribution in [0.4, 0.5) is 5.95 Å². The molecule has 1 N–H and O–H groups in total. The molecule has 0 bridgehead atoms. The molecule has 2 heterocycles. The van der Waals surface area contributed by atoms with Crippen LogP contribution < -0.4 is 10.1 Å². The monoisotopic (exact) mass is 299 g/mol. The zero-order valence-electron chi connectivity index (χ0n) is 11.9. The predicted octanol–water partition coefficient (Wildman–Crippen LogP) is 1.56. The fourth-order valence-electron chi connectivity index (χ4n) is 2.19. The molecule has 1 aliphatic heterocycles. The van der Waals surface area contributed by atoms with Crippen LogP contribution in [0.5, 0.6) is 5.88 Å². The van der Waals surface area contributed by atoms with Gasteiger partial charge in [0.25, 0.3) is 0 Å². The quantitative estimate of drug-likeness (QED) is 0.858. The van der Waals surface area contributed by atoms with E-state index in [1.165, 1.54) is 0 Å². The third kappa shape index (κ3) is 3.82. The van der Waals surface area contributed by atoms with Crippen molar-refractivity contribution in [3.8, 4) is 5.88 Å². The first kappa shape index (κ1) is 15.0. The topological polar surface area (TPSA) is 81.2 Å². The summed E-state index contributed by atoms with van der Waals surface area (Å²) < 4.78 is 29.0. The maximum absolute atomic E-state index is 11.8. The summed E-state index contributed by atoms with van der Waals surface area (Å²) >= 11 is 0. The Labute approximate surface area is 119 Å². The van der Waals surface area contributed by atoms with Gasteiger partial charge in [0.05, 0.1) is 17.6 Å². The second-order valence-electron chi connectivity index (χ2n) is 5.03. The SMILES string of the molecule is CCCOc1cc(C)nc(NCC2CCCS2(=O)=O)n1. The van der Waals surface area contributed by atoms with Gasteiger partial charge in [-0.3, -0.25) is 0 Å². The van der Waals surface area contributed by atoms with E-state index >= 15 is 0 Å². The molecule has 20 heavy (non-hydrogen) atoms. The van der Waals surface area contributed by atoms with Gasteiger partial charge in [0.15, 0.2) is 9.84 Å². The number of aryl methyl sites for hydroxylation is 1. The minimum Gasteiger partial charge on any atom is -0.478 e. The van der Waals surface area contributed by atoms with E-state index in [9.17, 15) is 8.42 Å². The first-order chi connectivity index (χ1) is 9.51. The van der Waals surface area contributed by atoms with Crippen molar-refractivity contribution in [2.75, 3.05) is 24.2 Å². The van der Waals surface area contributed by atoms with Crippen molar-refractivity contribution in [2.45, 2.75) is 38.4 Å². The van der Waals surface area contributed by atoms with Crippen LogP contribution in [0.3, 0.4) is 0 Å². The molecule has 0 aromatic carbocycles. The highest BCUT2D eigenvalue weighted by Gasteiger charge is 2.31. The van der Waals surface area contributed by atoms with Gasteiger partial charge in [0, 0.05) is 18.3 Å². The van der Waals surface area contributed by atoms with E-state index in [-0.39, 0.29) is 5.25 Å². The van der Waals surface area contributed by atoms with Crippen LogP contribution in [0, 0.1) is 6.92 Å². The lowest BCUT2D eigenvalue weighted by Gasteiger charge is -2.12. The van der Waals surface area contributed by atoms with Gasteiger partial charge < -0.3 is 10.1 Å². The van der Waals surface area contributed by atoms with Crippen LogP contribution in [0.25, 0.3) is 0 Å². The van der Waals surface area contributed by atoms with E-state index in [0.29, 0.717) is 37.2 Å². The molecule has 1 aromatic rings. The number of nitrogens with one attached hydrogen (secondary N) is 1. The van der Waals surface area contributed by atoms with Gasteiger partial charge in [0.1, 0.15) is 0 Å². The van der Waals surface area contributed by atoms with Crippen molar-refractivity contribution in [1.29, 1.82) is 0 Å². The van der Waals surface area contributed by atoms with E-state index in [1.807, 2.05) is 13.8 Å². The lowest BCUT2D eigenvalue weighted by Crippen LogP contribution is -2.25. The maximum atomic E-state index is 11.8. The van der Waals surface area contributed by atoms with Crippen molar-refractivity contribution in [2.24, 2.45) is 0 Å². The van der Waals surface area contributed by atoms with Crippen LogP contribution in [0.2, 0.25) is 0 Å². The summed E-state index contributed by atoms with van der Waals surface area (Å²) in [6.07, 6.45) is 2.36. The third-order valence-electron chi connectivity index (χ3n) is 3.24. The van der Waals surface area contributed by atoms with Crippen molar-refractivity contribution >= 4 is 15.8 Å². The normalized spacial score (nSPS) is 20.8. The van der Waals surface area contributed by atoms with E-state index in [0.717, 1.165) is 18.5 Å². The molecule has 1 aromatic heterocycles. The molecule has 112 valence electrons. The molecular weight excluding hydrogens is 278 g/mol. The summed E-state index contributed by atoms with van der Waals surface area (Å²) in [5, 5.41) is 2.69. The van der Waals surface area contributed by atoms with Crippen molar-refractivity contribution in [3.05, 3.63) is 11.8 Å². The van der Waals surface area contributed by atoms with E-state index in [2.05, 4.69) is 15.3 Å². The average molecular weight is 299 g/mol. The van der Waals surface area contributed by atoms with Crippen LogP contribution in [-0.2, 0) is 9.84 Å². The molecule has 6 nitrogen and oxygen atoms in total. The smallest absolute Gasteiger partial charge is 0.226 e. The molecule has 0 aliphatic carbocycles. The minimum atomic E-state index is -2.94. The lowest BCUT2D eigenvalue weighted by atomic mass is 10.2. The summed E-state index contributed by atoms with van der Waals surface area (Å²) in [5.41, 5.74) is 0.794. The van der Waals surface area contributed by atoms with E-state index in [4.69, 9.17) is 4.74 Å². The Morgan fingerprint density at radius 2 is 2.25 bits per heavy atom. The highest BCUT2D eigenvalue weighted by Crippen LogP contribution is 2.20. The largest absolute Gasteiger partial charge is 0.478 e. The Morgan fingerprint density at radius 1 is 1.45 bits per heavy atom. The molecular formula is C13H21N3O3S. The Kier molecular flexibility index (Phi) is 4.80. The number of hydrogen-bond acceptors (Lipinski definition) is 6. The number of sulfone groups is 1. The zero-order chi connectivity index (χ0) is 14.6. The van der Waals surface area contributed by atoms with Gasteiger partial charge in [-0.05, 0) is 26.2 Å². The second-order valence-corrected chi connectivity index (χ2v) is 7.43. The summed E-state index contributed by atoms with van der Waals surface area (Å²) in [5.74, 6) is 1.24. The van der Waals surface area contributed by atoms with Crippen LogP contribution in [0.1, 0.15) is 31.9 Å². The molecule has 2 rings (SSSR count). The highest BCUT2D eigenvalue weighted by atomic mass is 32.2. The van der Waals surface area contributed by atoms with Gasteiger partial charge in [0.2, 0.25) is 11.8 Å². The first-order valence-corrected chi connectivity index (χ1v) is 8.66. The fraction of sp³-hybridized carbons (Fsp3) is 0.692. The molecule has 1 aliphatic rings. The Morgan fingerprint density at radius 3 is 2.90 bits per heavy atom. The molecule has 1 fully saturated rings. The van der Waals surface area contributed by atoms with Gasteiger partial charge in [-0.25, -0.2) is 13.4 Å². The molecule has 0 saturated carbocycles. The number of nitrogens with zero attached hydrogens (tertiary/aromatic N) is 2. The maximum Gasteiger partial charge on any atom is 0.226 e. The number of anilines is 1. The molecule has 1 saturated heterocycles. The summed E-state index contributed by atoms with van der Waals surface area (Å²) in [6, 6.07) is 1.77. The number of hydrogen-bond donors (Lipinski definition) is 1. The van der Waals surface area contributed by atoms with Crippen LogP contribution in [0.15, 0.2) is 6.07 Å². The molecule has 0 spiro atoms. The minimum absolute atomic E-state index is 0.291. The number of ether oxygens (including phenoxy) is 1. The first-order valence-electron chi connectivity index (χ1n) is 6.95. The Balaban J connectivity index is 2.00. The predicted molar refractivity (Wildman–Crippen MR) is 77.9 cm³/mol. The summed E-state index contributed by atoms with van der Waals surface area (Å²) in [4.78, 5) is 8.49. The Hall–Kier alpha value is -1.37. The highest BCUT2D eigenvalue weighted by molar-refractivity contribution is 7.92. The van der Waals surface area contributed by atoms with Gasteiger partial charge in [-0.15, -0.1) is 0 Å². The van der Waals surface area contributed by atoms with Gasteiger partial charge in [-0.1, -0.05) is 6.92 Å². The van der Waals surface area contributed by atoms with Crippen LogP contribution >= 0.6 is 0 Å². The van der Waals surface area contributed by atoms with E-state index < -0.39 is 9.84 Å². The molecule has 0 radical (unpaired) electrons. The van der Waals surface area contributed by atoms with Gasteiger partial charge in [-0.2, -0.15) is 4.98 Å². The number of rotatable bonds is 6.